The lowest BCUT2D eigenvalue weighted by molar-refractivity contribution is -0.139. The van der Waals surface area contributed by atoms with Crippen LogP contribution in [0.3, 0.4) is 0 Å². The number of Topliss-reactive ketones (excluding diaryl/α,β-unsaturated/α-hetero) is 1. The summed E-state index contributed by atoms with van der Waals surface area (Å²) in [4.78, 5) is 41.8. The number of carbonyl (C=O) groups is 2. The second-order valence-electron chi connectivity index (χ2n) is 7.35. The van der Waals surface area contributed by atoms with Gasteiger partial charge < -0.3 is 14.9 Å². The molecule has 2 aromatic rings. The average Bonchev–Trinajstić information content (AvgIpc) is 2.93. The molecule has 1 atom stereocenters. The van der Waals surface area contributed by atoms with Gasteiger partial charge in [0, 0.05) is 25.1 Å². The van der Waals surface area contributed by atoms with Crippen LogP contribution in [0, 0.1) is 13.8 Å². The lowest BCUT2D eigenvalue weighted by Crippen LogP contribution is -2.32. The maximum atomic E-state index is 12.9. The largest absolute Gasteiger partial charge is 0.507 e. The van der Waals surface area contributed by atoms with E-state index in [0.29, 0.717) is 35.6 Å². The molecule has 0 bridgehead atoms. The van der Waals surface area contributed by atoms with E-state index < -0.39 is 17.7 Å². The van der Waals surface area contributed by atoms with E-state index in [2.05, 4.69) is 15.0 Å². The van der Waals surface area contributed by atoms with E-state index in [1.54, 1.807) is 38.4 Å². The summed E-state index contributed by atoms with van der Waals surface area (Å²) in [6.45, 7) is 4.64. The zero-order valence-electron chi connectivity index (χ0n) is 17.1. The number of carbonyl (C=O) groups excluding carboxylic acids is 2. The number of rotatable bonds is 6. The molecule has 1 aliphatic heterocycles. The van der Waals surface area contributed by atoms with Gasteiger partial charge in [0.25, 0.3) is 11.7 Å². The van der Waals surface area contributed by atoms with Gasteiger partial charge in [0.1, 0.15) is 11.6 Å². The predicted octanol–water partition coefficient (Wildman–Crippen LogP) is 1.86. The first-order valence-electron chi connectivity index (χ1n) is 9.45. The van der Waals surface area contributed by atoms with Gasteiger partial charge in [-0.05, 0) is 52.5 Å². The topological polar surface area (TPSA) is 99.5 Å². The number of aromatic nitrogens is 3. The maximum Gasteiger partial charge on any atom is 0.295 e. The molecule has 0 radical (unpaired) electrons. The standard InChI is InChI=1S/C21H25N5O3/c1-13-16(12-23-14(2)24-13)19(27)17-18(15-7-5-8-22-11-15)26(21(29)20(17)28)10-6-9-25(3)4/h5,7-8,11-12,18,27H,6,9-10H2,1-4H3/t18-/m1/s1. The van der Waals surface area contributed by atoms with Crippen LogP contribution < -0.4 is 0 Å². The molecular weight excluding hydrogens is 370 g/mol. The smallest absolute Gasteiger partial charge is 0.295 e. The quantitative estimate of drug-likeness (QED) is 0.453. The molecule has 8 heteroatoms. The zero-order chi connectivity index (χ0) is 21.1. The molecule has 0 saturated carbocycles. The average molecular weight is 395 g/mol. The molecule has 1 saturated heterocycles. The van der Waals surface area contributed by atoms with Crippen LogP contribution in [-0.4, -0.2) is 68.7 Å². The number of nitrogens with zero attached hydrogens (tertiary/aromatic N) is 5. The van der Waals surface area contributed by atoms with Crippen LogP contribution in [0.1, 0.15) is 35.1 Å². The van der Waals surface area contributed by atoms with Crippen LogP contribution in [0.15, 0.2) is 36.3 Å². The Morgan fingerprint density at radius 2 is 2.00 bits per heavy atom. The molecule has 1 N–H and O–H groups in total. The molecule has 29 heavy (non-hydrogen) atoms. The van der Waals surface area contributed by atoms with Crippen LogP contribution in [0.5, 0.6) is 0 Å². The van der Waals surface area contributed by atoms with Gasteiger partial charge in [-0.3, -0.25) is 14.6 Å². The van der Waals surface area contributed by atoms with E-state index in [-0.39, 0.29) is 11.3 Å². The first-order valence-corrected chi connectivity index (χ1v) is 9.45. The van der Waals surface area contributed by atoms with Crippen LogP contribution >= 0.6 is 0 Å². The van der Waals surface area contributed by atoms with Crippen molar-refractivity contribution in [1.29, 1.82) is 0 Å². The number of aliphatic hydroxyl groups is 1. The normalized spacial score (nSPS) is 18.7. The van der Waals surface area contributed by atoms with Gasteiger partial charge in [0.2, 0.25) is 0 Å². The van der Waals surface area contributed by atoms with Crippen molar-refractivity contribution in [2.45, 2.75) is 26.3 Å². The third kappa shape index (κ3) is 4.17. The highest BCUT2D eigenvalue weighted by molar-refractivity contribution is 6.46. The monoisotopic (exact) mass is 395 g/mol. The Hall–Kier alpha value is -3.13. The van der Waals surface area contributed by atoms with Gasteiger partial charge in [-0.15, -0.1) is 0 Å². The van der Waals surface area contributed by atoms with Gasteiger partial charge in [0.15, 0.2) is 0 Å². The van der Waals surface area contributed by atoms with Crippen molar-refractivity contribution < 1.29 is 14.7 Å². The minimum atomic E-state index is -0.707. The molecule has 0 aromatic carbocycles. The van der Waals surface area contributed by atoms with E-state index in [1.807, 2.05) is 19.0 Å². The highest BCUT2D eigenvalue weighted by Gasteiger charge is 2.46. The lowest BCUT2D eigenvalue weighted by atomic mass is 9.96. The van der Waals surface area contributed by atoms with Crippen molar-refractivity contribution >= 4 is 17.4 Å². The van der Waals surface area contributed by atoms with Gasteiger partial charge in [-0.2, -0.15) is 0 Å². The number of ketones is 1. The van der Waals surface area contributed by atoms with E-state index in [9.17, 15) is 14.7 Å². The van der Waals surface area contributed by atoms with Crippen molar-refractivity contribution in [1.82, 2.24) is 24.8 Å². The summed E-state index contributed by atoms with van der Waals surface area (Å²) in [6.07, 6.45) is 5.41. The number of aryl methyl sites for hydroxylation is 2. The second kappa shape index (κ2) is 8.48. The van der Waals surface area contributed by atoms with Crippen LogP contribution in [-0.2, 0) is 9.59 Å². The molecule has 8 nitrogen and oxygen atoms in total. The van der Waals surface area contributed by atoms with Crippen molar-refractivity contribution in [3.8, 4) is 0 Å². The van der Waals surface area contributed by atoms with Gasteiger partial charge in [-0.25, -0.2) is 9.97 Å². The molecule has 1 aliphatic rings. The van der Waals surface area contributed by atoms with Crippen LogP contribution in [0.2, 0.25) is 0 Å². The van der Waals surface area contributed by atoms with Gasteiger partial charge in [0.05, 0.1) is 22.9 Å². The van der Waals surface area contributed by atoms with E-state index >= 15 is 0 Å². The molecule has 1 amide bonds. The molecule has 1 fully saturated rings. The minimum absolute atomic E-state index is 0.0448. The first kappa shape index (κ1) is 20.6. The Morgan fingerprint density at radius 1 is 1.24 bits per heavy atom. The van der Waals surface area contributed by atoms with Gasteiger partial charge in [-0.1, -0.05) is 6.07 Å². The fourth-order valence-electron chi connectivity index (χ4n) is 3.51. The molecule has 0 spiro atoms. The number of amides is 1. The second-order valence-corrected chi connectivity index (χ2v) is 7.35. The van der Waals surface area contributed by atoms with Crippen molar-refractivity contribution in [2.75, 3.05) is 27.2 Å². The molecule has 2 aromatic heterocycles. The summed E-state index contributed by atoms with van der Waals surface area (Å²) < 4.78 is 0. The molecule has 152 valence electrons. The number of pyridine rings is 1. The Bertz CT molecular complexity index is 956. The van der Waals surface area contributed by atoms with E-state index in [1.165, 1.54) is 11.1 Å². The summed E-state index contributed by atoms with van der Waals surface area (Å²) in [6, 6.07) is 2.84. The predicted molar refractivity (Wildman–Crippen MR) is 108 cm³/mol. The number of hydrogen-bond acceptors (Lipinski definition) is 7. The first-order chi connectivity index (χ1) is 13.8. The molecule has 0 unspecified atom stereocenters. The molecule has 0 aliphatic carbocycles. The summed E-state index contributed by atoms with van der Waals surface area (Å²) in [7, 11) is 3.90. The van der Waals surface area contributed by atoms with Crippen LogP contribution in [0.25, 0.3) is 5.76 Å². The van der Waals surface area contributed by atoms with Crippen molar-refractivity contribution in [2.24, 2.45) is 0 Å². The zero-order valence-corrected chi connectivity index (χ0v) is 17.1. The Labute approximate surface area is 169 Å². The Kier molecular flexibility index (Phi) is 6.03. The molecule has 3 rings (SSSR count). The highest BCUT2D eigenvalue weighted by atomic mass is 16.3. The van der Waals surface area contributed by atoms with Crippen molar-refractivity contribution in [3.63, 3.8) is 0 Å². The van der Waals surface area contributed by atoms with Crippen LogP contribution in [0.4, 0.5) is 0 Å². The summed E-state index contributed by atoms with van der Waals surface area (Å²) in [5, 5.41) is 11.0. The summed E-state index contributed by atoms with van der Waals surface area (Å²) in [5.74, 6) is -1.03. The fraction of sp³-hybridized carbons (Fsp3) is 0.381. The Balaban J connectivity index is 2.10. The summed E-state index contributed by atoms with van der Waals surface area (Å²) >= 11 is 0. The summed E-state index contributed by atoms with van der Waals surface area (Å²) in [5.41, 5.74) is 1.60. The van der Waals surface area contributed by atoms with E-state index in [0.717, 1.165) is 6.54 Å². The molecule has 3 heterocycles. The Morgan fingerprint density at radius 3 is 2.62 bits per heavy atom. The number of likely N-dealkylation sites (tertiary alicyclic amines) is 1. The third-order valence-corrected chi connectivity index (χ3v) is 4.90. The van der Waals surface area contributed by atoms with E-state index in [4.69, 9.17) is 0 Å². The highest BCUT2D eigenvalue weighted by Crippen LogP contribution is 2.39. The fourth-order valence-corrected chi connectivity index (χ4v) is 3.51. The molecular formula is C21H25N5O3. The lowest BCUT2D eigenvalue weighted by Gasteiger charge is -2.25. The third-order valence-electron chi connectivity index (χ3n) is 4.90. The number of hydrogen-bond donors (Lipinski definition) is 1. The van der Waals surface area contributed by atoms with Gasteiger partial charge >= 0.3 is 0 Å². The maximum absolute atomic E-state index is 12.9. The SMILES string of the molecule is Cc1ncc(C(O)=C2C(=O)C(=O)N(CCCN(C)C)[C@@H]2c2cccnc2)c(C)n1. The van der Waals surface area contributed by atoms with Crippen molar-refractivity contribution in [3.05, 3.63) is 58.9 Å². The number of aliphatic hydroxyl groups excluding tert-OH is 1. The minimum Gasteiger partial charge on any atom is -0.507 e.